The van der Waals surface area contributed by atoms with Crippen LogP contribution in [-0.2, 0) is 20.6 Å². The summed E-state index contributed by atoms with van der Waals surface area (Å²) in [6, 6.07) is 9.63. The molecule has 3 aliphatic heterocycles. The number of nitrogens with two attached hydrogens (primary N) is 1. The predicted octanol–water partition coefficient (Wildman–Crippen LogP) is 2.71. The minimum atomic E-state index is -4.63. The van der Waals surface area contributed by atoms with Crippen LogP contribution in [0.4, 0.5) is 18.9 Å². The molecule has 4 atom stereocenters. The van der Waals surface area contributed by atoms with Gasteiger partial charge in [0.25, 0.3) is 0 Å². The molecule has 2 fully saturated rings. The fourth-order valence-electron chi connectivity index (χ4n) is 4.96. The molecule has 9 heteroatoms. The third-order valence-corrected chi connectivity index (χ3v) is 6.18. The van der Waals surface area contributed by atoms with Gasteiger partial charge >= 0.3 is 6.18 Å². The van der Waals surface area contributed by atoms with Crippen LogP contribution in [0.5, 0.6) is 0 Å². The monoisotopic (exact) mass is 427 g/mol. The van der Waals surface area contributed by atoms with Crippen LogP contribution in [0.25, 0.3) is 6.08 Å². The number of anilines is 1. The lowest BCUT2D eigenvalue weighted by Gasteiger charge is -2.34. The summed E-state index contributed by atoms with van der Waals surface area (Å²) in [6.07, 6.45) is -1.20. The van der Waals surface area contributed by atoms with Gasteiger partial charge in [0.1, 0.15) is 6.04 Å². The number of fused-ring (bicyclic) bond motifs is 5. The van der Waals surface area contributed by atoms with Crippen LogP contribution in [0.1, 0.15) is 22.7 Å². The number of imide groups is 1. The molecule has 2 N–H and O–H groups in total. The van der Waals surface area contributed by atoms with Gasteiger partial charge in [0, 0.05) is 6.20 Å². The summed E-state index contributed by atoms with van der Waals surface area (Å²) in [5.74, 6) is -4.16. The van der Waals surface area contributed by atoms with Gasteiger partial charge in [0.05, 0.1) is 29.1 Å². The minimum Gasteiger partial charge on any atom is -0.368 e. The number of benzene rings is 2. The largest absolute Gasteiger partial charge is 0.416 e. The number of carbonyl (C=O) groups excluding carboxylic acids is 3. The van der Waals surface area contributed by atoms with Crippen molar-refractivity contribution >= 4 is 29.5 Å². The smallest absolute Gasteiger partial charge is 0.368 e. The van der Waals surface area contributed by atoms with E-state index >= 15 is 0 Å². The van der Waals surface area contributed by atoms with E-state index in [1.54, 1.807) is 23.2 Å². The van der Waals surface area contributed by atoms with E-state index in [0.717, 1.165) is 34.2 Å². The molecule has 3 amide bonds. The maximum Gasteiger partial charge on any atom is 0.416 e. The Kier molecular flexibility index (Phi) is 4.02. The van der Waals surface area contributed by atoms with Crippen LogP contribution in [0.15, 0.2) is 54.7 Å². The molecule has 3 heterocycles. The molecule has 0 unspecified atom stereocenters. The number of halogens is 3. The first kappa shape index (κ1) is 19.3. The molecular weight excluding hydrogens is 411 g/mol. The molecule has 3 aliphatic rings. The number of hydrogen-bond acceptors (Lipinski definition) is 4. The van der Waals surface area contributed by atoms with Crippen LogP contribution in [0, 0.1) is 11.8 Å². The number of hydrogen-bond donors (Lipinski definition) is 1. The van der Waals surface area contributed by atoms with Gasteiger partial charge < -0.3 is 10.6 Å². The first-order valence-corrected chi connectivity index (χ1v) is 9.59. The number of alkyl halides is 3. The van der Waals surface area contributed by atoms with Gasteiger partial charge in [-0.15, -0.1) is 0 Å². The highest BCUT2D eigenvalue weighted by molar-refractivity contribution is 6.24. The Balaban J connectivity index is 1.62. The molecule has 0 aliphatic carbocycles. The van der Waals surface area contributed by atoms with Crippen molar-refractivity contribution in [2.75, 3.05) is 4.90 Å². The van der Waals surface area contributed by atoms with Crippen LogP contribution in [0.3, 0.4) is 0 Å². The van der Waals surface area contributed by atoms with E-state index in [1.807, 2.05) is 18.2 Å². The Morgan fingerprint density at radius 2 is 1.68 bits per heavy atom. The van der Waals surface area contributed by atoms with E-state index < -0.39 is 53.4 Å². The molecule has 158 valence electrons. The normalized spacial score (nSPS) is 26.7. The lowest BCUT2D eigenvalue weighted by molar-refractivity contribution is -0.137. The number of primary amides is 1. The summed E-state index contributed by atoms with van der Waals surface area (Å²) in [5.41, 5.74) is 6.06. The zero-order chi connectivity index (χ0) is 22.1. The second-order valence-corrected chi connectivity index (χ2v) is 7.80. The topological polar surface area (TPSA) is 83.7 Å². The van der Waals surface area contributed by atoms with Gasteiger partial charge in [-0.3, -0.25) is 14.4 Å². The zero-order valence-electron chi connectivity index (χ0n) is 15.9. The van der Waals surface area contributed by atoms with E-state index in [2.05, 4.69) is 0 Å². The standard InChI is InChI=1S/C22H16F3N3O3/c23-22(24,25)12-5-3-6-13(10-12)28-20(30)15-16(21(28)31)18(19(26)29)27-9-8-11-4-1-2-7-14(11)17(15)27/h1-10,15-18H,(H2,26,29)/t15-,16-,17-,18+/m0/s1. The van der Waals surface area contributed by atoms with E-state index in [1.165, 1.54) is 6.07 Å². The number of carbonyl (C=O) groups is 3. The minimum absolute atomic E-state index is 0.173. The zero-order valence-corrected chi connectivity index (χ0v) is 15.9. The van der Waals surface area contributed by atoms with Gasteiger partial charge in [0.15, 0.2) is 0 Å². The van der Waals surface area contributed by atoms with Gasteiger partial charge in [-0.2, -0.15) is 13.2 Å². The molecular formula is C22H16F3N3O3. The number of amides is 3. The van der Waals surface area contributed by atoms with Gasteiger partial charge in [-0.1, -0.05) is 30.3 Å². The highest BCUT2D eigenvalue weighted by Gasteiger charge is 2.64. The molecule has 31 heavy (non-hydrogen) atoms. The van der Waals surface area contributed by atoms with Crippen molar-refractivity contribution in [3.05, 3.63) is 71.4 Å². The summed E-state index contributed by atoms with van der Waals surface area (Å²) < 4.78 is 39.5. The van der Waals surface area contributed by atoms with Crippen LogP contribution >= 0.6 is 0 Å². The third-order valence-electron chi connectivity index (χ3n) is 6.18. The van der Waals surface area contributed by atoms with E-state index in [9.17, 15) is 27.6 Å². The van der Waals surface area contributed by atoms with Gasteiger partial charge in [0.2, 0.25) is 17.7 Å². The van der Waals surface area contributed by atoms with E-state index in [-0.39, 0.29) is 5.69 Å². The maximum atomic E-state index is 13.4. The number of nitrogens with zero attached hydrogens (tertiary/aromatic N) is 2. The first-order valence-electron chi connectivity index (χ1n) is 9.59. The van der Waals surface area contributed by atoms with Crippen molar-refractivity contribution in [2.24, 2.45) is 17.6 Å². The fourth-order valence-corrected chi connectivity index (χ4v) is 4.96. The van der Waals surface area contributed by atoms with Gasteiger partial charge in [-0.05, 0) is 35.4 Å². The van der Waals surface area contributed by atoms with Crippen molar-refractivity contribution in [1.82, 2.24) is 4.90 Å². The Morgan fingerprint density at radius 1 is 0.968 bits per heavy atom. The van der Waals surface area contributed by atoms with E-state index in [0.29, 0.717) is 0 Å². The first-order chi connectivity index (χ1) is 14.7. The average Bonchev–Trinajstić information content (AvgIpc) is 3.20. The number of rotatable bonds is 2. The molecule has 2 aromatic carbocycles. The second kappa shape index (κ2) is 6.44. The fraction of sp³-hybridized carbons (Fsp3) is 0.227. The molecule has 5 rings (SSSR count). The Bertz CT molecular complexity index is 1160. The van der Waals surface area contributed by atoms with Crippen molar-refractivity contribution < 1.29 is 27.6 Å². The quantitative estimate of drug-likeness (QED) is 0.747. The predicted molar refractivity (Wildman–Crippen MR) is 104 cm³/mol. The van der Waals surface area contributed by atoms with Gasteiger partial charge in [-0.25, -0.2) is 4.90 Å². The molecule has 0 spiro atoms. The summed E-state index contributed by atoms with van der Waals surface area (Å²) in [4.78, 5) is 41.4. The lowest BCUT2D eigenvalue weighted by Crippen LogP contribution is -2.46. The lowest BCUT2D eigenvalue weighted by atomic mass is 9.84. The summed E-state index contributed by atoms with van der Waals surface area (Å²) in [5, 5.41) is 0. The van der Waals surface area contributed by atoms with Crippen molar-refractivity contribution in [2.45, 2.75) is 18.3 Å². The highest BCUT2D eigenvalue weighted by Crippen LogP contribution is 2.53. The van der Waals surface area contributed by atoms with Crippen molar-refractivity contribution in [3.63, 3.8) is 0 Å². The van der Waals surface area contributed by atoms with Crippen molar-refractivity contribution in [1.29, 1.82) is 0 Å². The summed E-state index contributed by atoms with van der Waals surface area (Å²) >= 11 is 0. The van der Waals surface area contributed by atoms with Crippen LogP contribution in [0.2, 0.25) is 0 Å². The Labute approximate surface area is 174 Å². The highest BCUT2D eigenvalue weighted by atomic mass is 19.4. The second-order valence-electron chi connectivity index (χ2n) is 7.80. The van der Waals surface area contributed by atoms with E-state index in [4.69, 9.17) is 5.73 Å². The summed E-state index contributed by atoms with van der Waals surface area (Å²) in [6.45, 7) is 0. The molecule has 0 radical (unpaired) electrons. The Morgan fingerprint density at radius 3 is 2.39 bits per heavy atom. The van der Waals surface area contributed by atoms with Crippen molar-refractivity contribution in [3.8, 4) is 0 Å². The molecule has 2 aromatic rings. The molecule has 2 saturated heterocycles. The SMILES string of the molecule is NC(=O)[C@H]1[C@H]2C(=O)N(c3cccc(C(F)(F)F)c3)C(=O)[C@@H]2[C@@H]2c3ccccc3C=CN12. The molecule has 6 nitrogen and oxygen atoms in total. The maximum absolute atomic E-state index is 13.4. The molecule has 0 aromatic heterocycles. The third kappa shape index (κ3) is 2.69. The summed E-state index contributed by atoms with van der Waals surface area (Å²) in [7, 11) is 0. The van der Waals surface area contributed by atoms with Crippen LogP contribution < -0.4 is 10.6 Å². The molecule has 0 saturated carbocycles. The van der Waals surface area contributed by atoms with Crippen LogP contribution in [-0.4, -0.2) is 28.7 Å². The molecule has 0 bridgehead atoms. The Hall–Kier alpha value is -3.62. The average molecular weight is 427 g/mol.